The van der Waals surface area contributed by atoms with Crippen LogP contribution in [-0.2, 0) is 4.79 Å². The van der Waals surface area contributed by atoms with Crippen LogP contribution in [0.5, 0.6) is 0 Å². The number of furan rings is 1. The molecule has 2 aliphatic rings. The van der Waals surface area contributed by atoms with E-state index in [1.165, 1.54) is 0 Å². The summed E-state index contributed by atoms with van der Waals surface area (Å²) in [5.41, 5.74) is 4.56. The molecule has 3 rings (SSSR count). The van der Waals surface area contributed by atoms with E-state index in [9.17, 15) is 20.4 Å². The highest BCUT2D eigenvalue weighted by Crippen LogP contribution is 2.54. The predicted octanol–water partition coefficient (Wildman–Crippen LogP) is 1.50. The number of carboxylic acids is 1. The van der Waals surface area contributed by atoms with Crippen molar-refractivity contribution in [1.29, 1.82) is 10.5 Å². The summed E-state index contributed by atoms with van der Waals surface area (Å²) in [4.78, 5) is 13.8. The Balaban J connectivity index is 2.35. The van der Waals surface area contributed by atoms with Gasteiger partial charge in [-0.3, -0.25) is 0 Å². The summed E-state index contributed by atoms with van der Waals surface area (Å²) in [6, 6.07) is 7.48. The summed E-state index contributed by atoms with van der Waals surface area (Å²) in [5, 5.41) is 29.4. The summed E-state index contributed by atoms with van der Waals surface area (Å²) >= 11 is 0. The molecule has 0 unspecified atom stereocenters. The quantitative estimate of drug-likeness (QED) is 0.836. The number of allylic oxidation sites excluding steroid dienone is 1. The first-order chi connectivity index (χ1) is 11.9. The molecule has 0 fully saturated rings. The highest BCUT2D eigenvalue weighted by molar-refractivity contribution is 5.94. The number of aliphatic carboxylic acids is 1. The Kier molecular flexibility index (Phi) is 3.90. The first-order valence-electron chi connectivity index (χ1n) is 7.87. The molecular weight excluding hydrogens is 320 g/mol. The zero-order chi connectivity index (χ0) is 18.4. The van der Waals surface area contributed by atoms with E-state index in [2.05, 4.69) is 0 Å². The SMILES string of the molecule is Cc1ccc([C@@H]2[C@H]3CN(C)CC=C3C(C(=O)O)=C(N)C2(C#N)C#N)o1. The van der Waals surface area contributed by atoms with Crippen LogP contribution in [0.25, 0.3) is 0 Å². The van der Waals surface area contributed by atoms with Gasteiger partial charge in [0, 0.05) is 19.0 Å². The maximum atomic E-state index is 11.8. The monoisotopic (exact) mass is 338 g/mol. The number of likely N-dealkylation sites (N-methyl/N-ethyl adjacent to an activating group) is 1. The van der Waals surface area contributed by atoms with E-state index < -0.39 is 17.3 Å². The predicted molar refractivity (Wildman–Crippen MR) is 87.8 cm³/mol. The van der Waals surface area contributed by atoms with Gasteiger partial charge in [0.2, 0.25) is 0 Å². The summed E-state index contributed by atoms with van der Waals surface area (Å²) in [7, 11) is 1.90. The fourth-order valence-corrected chi connectivity index (χ4v) is 3.86. The first-order valence-corrected chi connectivity index (χ1v) is 7.87. The molecular formula is C18H18N4O3. The minimum absolute atomic E-state index is 0.124. The molecule has 3 N–H and O–H groups in total. The molecule has 0 radical (unpaired) electrons. The van der Waals surface area contributed by atoms with Gasteiger partial charge in [-0.2, -0.15) is 10.5 Å². The maximum Gasteiger partial charge on any atom is 0.337 e. The number of nitrogens with zero attached hydrogens (tertiary/aromatic N) is 3. The number of hydrogen-bond donors (Lipinski definition) is 2. The van der Waals surface area contributed by atoms with Crippen molar-refractivity contribution in [3.8, 4) is 12.1 Å². The van der Waals surface area contributed by atoms with Crippen LogP contribution in [0, 0.1) is 40.9 Å². The Labute approximate surface area is 145 Å². The van der Waals surface area contributed by atoms with Gasteiger partial charge in [0.1, 0.15) is 11.5 Å². The van der Waals surface area contributed by atoms with Crippen molar-refractivity contribution < 1.29 is 14.3 Å². The molecule has 128 valence electrons. The van der Waals surface area contributed by atoms with Crippen LogP contribution in [0.2, 0.25) is 0 Å². The van der Waals surface area contributed by atoms with E-state index in [4.69, 9.17) is 10.2 Å². The molecule has 0 amide bonds. The van der Waals surface area contributed by atoms with Crippen LogP contribution in [-0.4, -0.2) is 36.1 Å². The summed E-state index contributed by atoms with van der Waals surface area (Å²) in [6.45, 7) is 2.86. The third-order valence-electron chi connectivity index (χ3n) is 5.02. The van der Waals surface area contributed by atoms with Crippen molar-refractivity contribution >= 4 is 5.97 Å². The highest BCUT2D eigenvalue weighted by atomic mass is 16.4. The lowest BCUT2D eigenvalue weighted by Crippen LogP contribution is -2.48. The van der Waals surface area contributed by atoms with Gasteiger partial charge in [-0.25, -0.2) is 4.79 Å². The molecule has 0 saturated carbocycles. The van der Waals surface area contributed by atoms with Gasteiger partial charge in [-0.15, -0.1) is 0 Å². The third-order valence-corrected chi connectivity index (χ3v) is 5.02. The van der Waals surface area contributed by atoms with Gasteiger partial charge in [-0.1, -0.05) is 6.08 Å². The number of nitriles is 2. The fourth-order valence-electron chi connectivity index (χ4n) is 3.86. The molecule has 0 spiro atoms. The number of nitrogens with two attached hydrogens (primary N) is 1. The molecule has 2 heterocycles. The van der Waals surface area contributed by atoms with Crippen molar-refractivity contribution in [1.82, 2.24) is 4.90 Å². The van der Waals surface area contributed by atoms with Gasteiger partial charge in [0.25, 0.3) is 0 Å². The zero-order valence-corrected chi connectivity index (χ0v) is 14.0. The second-order valence-corrected chi connectivity index (χ2v) is 6.54. The minimum Gasteiger partial charge on any atom is -0.478 e. The maximum absolute atomic E-state index is 11.8. The van der Waals surface area contributed by atoms with Gasteiger partial charge in [0.15, 0.2) is 5.41 Å². The van der Waals surface area contributed by atoms with Crippen molar-refractivity contribution in [3.05, 3.63) is 46.6 Å². The topological polar surface area (TPSA) is 127 Å². The molecule has 0 bridgehead atoms. The molecule has 1 aromatic heterocycles. The number of hydrogen-bond acceptors (Lipinski definition) is 6. The molecule has 1 aromatic rings. The Morgan fingerprint density at radius 3 is 2.64 bits per heavy atom. The Morgan fingerprint density at radius 1 is 1.44 bits per heavy atom. The Hall–Kier alpha value is -3.03. The summed E-state index contributed by atoms with van der Waals surface area (Å²) in [6.07, 6.45) is 1.81. The number of carboxylic acid groups (broad SMARTS) is 1. The van der Waals surface area contributed by atoms with E-state index >= 15 is 0 Å². The van der Waals surface area contributed by atoms with E-state index in [-0.39, 0.29) is 17.2 Å². The normalized spacial score (nSPS) is 25.5. The second-order valence-electron chi connectivity index (χ2n) is 6.54. The van der Waals surface area contributed by atoms with Crippen molar-refractivity contribution in [2.45, 2.75) is 12.8 Å². The molecule has 25 heavy (non-hydrogen) atoms. The lowest BCUT2D eigenvalue weighted by molar-refractivity contribution is -0.132. The minimum atomic E-state index is -1.79. The zero-order valence-electron chi connectivity index (χ0n) is 14.0. The first kappa shape index (κ1) is 16.8. The smallest absolute Gasteiger partial charge is 0.337 e. The van der Waals surface area contributed by atoms with Crippen LogP contribution in [0.4, 0.5) is 0 Å². The molecule has 1 aliphatic heterocycles. The molecule has 1 aliphatic carbocycles. The van der Waals surface area contributed by atoms with Gasteiger partial charge < -0.3 is 20.2 Å². The van der Waals surface area contributed by atoms with Crippen LogP contribution >= 0.6 is 0 Å². The highest BCUT2D eigenvalue weighted by Gasteiger charge is 2.56. The van der Waals surface area contributed by atoms with Gasteiger partial charge >= 0.3 is 5.97 Å². The van der Waals surface area contributed by atoms with E-state index in [1.54, 1.807) is 19.1 Å². The molecule has 7 nitrogen and oxygen atoms in total. The average molecular weight is 338 g/mol. The van der Waals surface area contributed by atoms with Crippen molar-refractivity contribution in [3.63, 3.8) is 0 Å². The fraction of sp³-hybridized carbons (Fsp3) is 0.389. The van der Waals surface area contributed by atoms with Gasteiger partial charge in [0.05, 0.1) is 29.3 Å². The molecule has 2 atom stereocenters. The van der Waals surface area contributed by atoms with Crippen LogP contribution in [0.1, 0.15) is 17.4 Å². The molecule has 0 aromatic carbocycles. The lowest BCUT2D eigenvalue weighted by atomic mass is 9.59. The number of aryl methyl sites for hydroxylation is 1. The number of rotatable bonds is 2. The van der Waals surface area contributed by atoms with Crippen LogP contribution in [0.3, 0.4) is 0 Å². The van der Waals surface area contributed by atoms with Crippen LogP contribution in [0.15, 0.2) is 39.5 Å². The van der Waals surface area contributed by atoms with Crippen LogP contribution < -0.4 is 5.73 Å². The second kappa shape index (κ2) is 5.80. The Morgan fingerprint density at radius 2 is 2.12 bits per heavy atom. The Bertz CT molecular complexity index is 867. The standard InChI is InChI=1S/C18H18N4O3/c1-10-3-4-13(25-10)15-12-7-22(2)6-5-11(12)14(17(23)24)16(21)18(15,8-19)9-20/h3-5,12,15H,6-7,21H2,1-2H3,(H,23,24)/t12-,15-/m0/s1. The number of carbonyl (C=O) groups is 1. The van der Waals surface area contributed by atoms with Crippen molar-refractivity contribution in [2.24, 2.45) is 17.1 Å². The van der Waals surface area contributed by atoms with E-state index in [1.807, 2.05) is 30.2 Å². The third kappa shape index (κ3) is 2.33. The number of fused-ring (bicyclic) bond motifs is 1. The van der Waals surface area contributed by atoms with E-state index in [0.29, 0.717) is 30.2 Å². The molecule has 0 saturated heterocycles. The summed E-state index contributed by atoms with van der Waals surface area (Å²) < 4.78 is 5.74. The van der Waals surface area contributed by atoms with Gasteiger partial charge in [-0.05, 0) is 31.7 Å². The van der Waals surface area contributed by atoms with Crippen molar-refractivity contribution in [2.75, 3.05) is 20.1 Å². The summed E-state index contributed by atoms with van der Waals surface area (Å²) in [5.74, 6) is -1.14. The molecule has 7 heteroatoms. The largest absolute Gasteiger partial charge is 0.478 e. The lowest BCUT2D eigenvalue weighted by Gasteiger charge is -2.44. The average Bonchev–Trinajstić information content (AvgIpc) is 2.99. The van der Waals surface area contributed by atoms with E-state index in [0.717, 1.165) is 0 Å².